The molecule has 0 aliphatic heterocycles. The van der Waals surface area contributed by atoms with Crippen molar-refractivity contribution in [2.75, 3.05) is 31.9 Å². The molecule has 3 heteroatoms. The largest absolute Gasteiger partial charge is 0.311 e. The van der Waals surface area contributed by atoms with Gasteiger partial charge in [-0.3, -0.25) is 0 Å². The highest BCUT2D eigenvalue weighted by molar-refractivity contribution is 7.80. The van der Waals surface area contributed by atoms with Crippen LogP contribution >= 0.6 is 12.6 Å². The fourth-order valence-corrected chi connectivity index (χ4v) is 1.92. The van der Waals surface area contributed by atoms with Gasteiger partial charge in [0.05, 0.1) is 0 Å². The number of benzene rings is 1. The van der Waals surface area contributed by atoms with Crippen molar-refractivity contribution in [1.29, 1.82) is 0 Å². The molecule has 0 radical (unpaired) electrons. The van der Waals surface area contributed by atoms with E-state index in [4.69, 9.17) is 0 Å². The second kappa shape index (κ2) is 8.62. The first-order valence-corrected chi connectivity index (χ1v) is 6.58. The van der Waals surface area contributed by atoms with Crippen molar-refractivity contribution >= 4 is 12.6 Å². The van der Waals surface area contributed by atoms with Gasteiger partial charge in [0.25, 0.3) is 0 Å². The monoisotopic (exact) mass is 238 g/mol. The van der Waals surface area contributed by atoms with Crippen molar-refractivity contribution in [2.24, 2.45) is 0 Å². The summed E-state index contributed by atoms with van der Waals surface area (Å²) in [6, 6.07) is 10.5. The highest BCUT2D eigenvalue weighted by atomic mass is 32.1. The van der Waals surface area contributed by atoms with E-state index >= 15 is 0 Å². The topological polar surface area (TPSA) is 15.3 Å². The lowest BCUT2D eigenvalue weighted by atomic mass is 10.2. The van der Waals surface area contributed by atoms with Crippen LogP contribution in [0, 0.1) is 0 Å². The van der Waals surface area contributed by atoms with Crippen LogP contribution in [0.4, 0.5) is 0 Å². The zero-order valence-electron chi connectivity index (χ0n) is 10.0. The third-order valence-electron chi connectivity index (χ3n) is 2.64. The lowest BCUT2D eigenvalue weighted by molar-refractivity contribution is 0.305. The summed E-state index contributed by atoms with van der Waals surface area (Å²) in [6.45, 7) is 7.47. The zero-order valence-corrected chi connectivity index (χ0v) is 10.9. The van der Waals surface area contributed by atoms with Crippen molar-refractivity contribution < 1.29 is 0 Å². The van der Waals surface area contributed by atoms with Crippen LogP contribution in [-0.2, 0) is 6.54 Å². The van der Waals surface area contributed by atoms with Gasteiger partial charge in [0.15, 0.2) is 0 Å². The second-order valence-electron chi connectivity index (χ2n) is 3.82. The highest BCUT2D eigenvalue weighted by Crippen LogP contribution is 1.96. The van der Waals surface area contributed by atoms with E-state index in [1.54, 1.807) is 0 Å². The number of likely N-dealkylation sites (N-methyl/N-ethyl adjacent to an activating group) is 1. The second-order valence-corrected chi connectivity index (χ2v) is 4.27. The van der Waals surface area contributed by atoms with Crippen LogP contribution in [0.25, 0.3) is 0 Å². The van der Waals surface area contributed by atoms with E-state index in [-0.39, 0.29) is 0 Å². The highest BCUT2D eigenvalue weighted by Gasteiger charge is 1.99. The summed E-state index contributed by atoms with van der Waals surface area (Å²) in [5.74, 6) is 0.937. The van der Waals surface area contributed by atoms with E-state index in [1.807, 2.05) is 0 Å². The van der Waals surface area contributed by atoms with Crippen LogP contribution in [0.3, 0.4) is 0 Å². The molecule has 0 saturated heterocycles. The van der Waals surface area contributed by atoms with Crippen molar-refractivity contribution in [3.63, 3.8) is 0 Å². The summed E-state index contributed by atoms with van der Waals surface area (Å²) < 4.78 is 0. The van der Waals surface area contributed by atoms with E-state index in [0.717, 1.165) is 38.5 Å². The van der Waals surface area contributed by atoms with Crippen LogP contribution in [0.5, 0.6) is 0 Å². The molecule has 0 atom stereocenters. The molecule has 0 spiro atoms. The number of hydrogen-bond acceptors (Lipinski definition) is 3. The van der Waals surface area contributed by atoms with E-state index in [1.165, 1.54) is 5.56 Å². The third-order valence-corrected chi connectivity index (χ3v) is 2.84. The predicted octanol–water partition coefficient (Wildman–Crippen LogP) is 2.03. The Balaban J connectivity index is 2.11. The fraction of sp³-hybridized carbons (Fsp3) is 0.538. The minimum Gasteiger partial charge on any atom is -0.311 e. The number of nitrogens with zero attached hydrogens (tertiary/aromatic N) is 1. The van der Waals surface area contributed by atoms with Gasteiger partial charge in [0.2, 0.25) is 0 Å². The molecule has 0 aliphatic carbocycles. The molecular formula is C13H22N2S. The summed E-state index contributed by atoms with van der Waals surface area (Å²) in [7, 11) is 0. The van der Waals surface area contributed by atoms with Crippen molar-refractivity contribution in [3.8, 4) is 0 Å². The van der Waals surface area contributed by atoms with Crippen LogP contribution in [0.15, 0.2) is 30.3 Å². The first-order chi connectivity index (χ1) is 7.86. The molecule has 0 amide bonds. The molecule has 0 unspecified atom stereocenters. The van der Waals surface area contributed by atoms with Crippen LogP contribution in [0.2, 0.25) is 0 Å². The van der Waals surface area contributed by atoms with Gasteiger partial charge in [0, 0.05) is 31.9 Å². The molecule has 1 rings (SSSR count). The Morgan fingerprint density at radius 1 is 1.19 bits per heavy atom. The molecule has 1 N–H and O–H groups in total. The van der Waals surface area contributed by atoms with Gasteiger partial charge in [-0.05, 0) is 12.1 Å². The summed E-state index contributed by atoms with van der Waals surface area (Å²) >= 11 is 4.25. The average molecular weight is 238 g/mol. The third kappa shape index (κ3) is 5.54. The Hall–Kier alpha value is -0.510. The first-order valence-electron chi connectivity index (χ1n) is 5.94. The molecule has 0 heterocycles. The predicted molar refractivity (Wildman–Crippen MR) is 74.1 cm³/mol. The number of nitrogens with one attached hydrogen (secondary N) is 1. The summed E-state index contributed by atoms with van der Waals surface area (Å²) in [5.41, 5.74) is 1.35. The summed E-state index contributed by atoms with van der Waals surface area (Å²) in [4.78, 5) is 2.41. The molecule has 0 aliphatic rings. The van der Waals surface area contributed by atoms with Gasteiger partial charge in [0.1, 0.15) is 0 Å². The van der Waals surface area contributed by atoms with Crippen molar-refractivity contribution in [3.05, 3.63) is 35.9 Å². The Kier molecular flexibility index (Phi) is 7.30. The molecule has 1 aromatic carbocycles. The minimum absolute atomic E-state index is 0.937. The van der Waals surface area contributed by atoms with Gasteiger partial charge >= 0.3 is 0 Å². The van der Waals surface area contributed by atoms with Gasteiger partial charge in [-0.15, -0.1) is 0 Å². The lowest BCUT2D eigenvalue weighted by Gasteiger charge is -2.19. The van der Waals surface area contributed by atoms with Gasteiger partial charge in [-0.25, -0.2) is 0 Å². The maximum Gasteiger partial charge on any atom is 0.0206 e. The minimum atomic E-state index is 0.937. The average Bonchev–Trinajstić information content (AvgIpc) is 2.34. The fourth-order valence-electron chi connectivity index (χ4n) is 1.64. The quantitative estimate of drug-likeness (QED) is 0.532. The van der Waals surface area contributed by atoms with Gasteiger partial charge in [-0.1, -0.05) is 37.3 Å². The maximum absolute atomic E-state index is 4.25. The first kappa shape index (κ1) is 13.6. The molecule has 0 fully saturated rings. The van der Waals surface area contributed by atoms with Crippen molar-refractivity contribution in [2.45, 2.75) is 13.5 Å². The van der Waals surface area contributed by atoms with Crippen molar-refractivity contribution in [1.82, 2.24) is 10.2 Å². The Morgan fingerprint density at radius 2 is 1.94 bits per heavy atom. The standard InChI is InChI=1S/C13H22N2S/c1-2-15(10-11-16)9-8-14-12-13-6-4-3-5-7-13/h3-7,14,16H,2,8-12H2,1H3. The molecule has 1 aromatic rings. The zero-order chi connectivity index (χ0) is 11.6. The van der Waals surface area contributed by atoms with Crippen LogP contribution in [-0.4, -0.2) is 36.8 Å². The van der Waals surface area contributed by atoms with E-state index in [2.05, 4.69) is 60.1 Å². The van der Waals surface area contributed by atoms with E-state index < -0.39 is 0 Å². The summed E-state index contributed by atoms with van der Waals surface area (Å²) in [5, 5.41) is 3.46. The molecular weight excluding hydrogens is 216 g/mol. The lowest BCUT2D eigenvalue weighted by Crippen LogP contribution is -2.33. The molecule has 0 aromatic heterocycles. The van der Waals surface area contributed by atoms with E-state index in [0.29, 0.717) is 0 Å². The molecule has 90 valence electrons. The maximum atomic E-state index is 4.25. The smallest absolute Gasteiger partial charge is 0.0206 e. The molecule has 16 heavy (non-hydrogen) atoms. The van der Waals surface area contributed by atoms with Gasteiger partial charge < -0.3 is 10.2 Å². The SMILES string of the molecule is CCN(CCS)CCNCc1ccccc1. The summed E-state index contributed by atoms with van der Waals surface area (Å²) in [6.07, 6.45) is 0. The number of rotatable bonds is 8. The molecule has 0 bridgehead atoms. The number of thiol groups is 1. The Labute approximate surface area is 104 Å². The van der Waals surface area contributed by atoms with E-state index in [9.17, 15) is 0 Å². The number of hydrogen-bond donors (Lipinski definition) is 2. The Morgan fingerprint density at radius 3 is 2.56 bits per heavy atom. The Bertz CT molecular complexity index is 264. The molecule has 2 nitrogen and oxygen atoms in total. The van der Waals surface area contributed by atoms with Crippen LogP contribution < -0.4 is 5.32 Å². The van der Waals surface area contributed by atoms with Crippen LogP contribution in [0.1, 0.15) is 12.5 Å². The van der Waals surface area contributed by atoms with Gasteiger partial charge in [-0.2, -0.15) is 12.6 Å². The molecule has 0 saturated carbocycles. The normalized spacial score (nSPS) is 10.9.